The van der Waals surface area contributed by atoms with E-state index in [0.29, 0.717) is 28.4 Å². The molecule has 3 nitrogen and oxygen atoms in total. The van der Waals surface area contributed by atoms with E-state index >= 15 is 0 Å². The summed E-state index contributed by atoms with van der Waals surface area (Å²) in [4.78, 5) is 14.4. The maximum Gasteiger partial charge on any atom is 0.416 e. The molecule has 0 N–H and O–H groups in total. The van der Waals surface area contributed by atoms with Gasteiger partial charge in [0.25, 0.3) is 0 Å². The van der Waals surface area contributed by atoms with E-state index in [2.05, 4.69) is 11.7 Å². The number of hydrogen-bond acceptors (Lipinski definition) is 3. The third kappa shape index (κ3) is 4.81. The van der Waals surface area contributed by atoms with E-state index in [9.17, 15) is 18.0 Å². The molecule has 0 radical (unpaired) electrons. The van der Waals surface area contributed by atoms with Gasteiger partial charge in [-0.1, -0.05) is 44.2 Å². The third-order valence-corrected chi connectivity index (χ3v) is 3.23. The quantitative estimate of drug-likeness (QED) is 0.397. The van der Waals surface area contributed by atoms with Crippen molar-refractivity contribution in [1.82, 2.24) is 0 Å². The molecule has 0 spiro atoms. The van der Waals surface area contributed by atoms with E-state index in [-0.39, 0.29) is 5.76 Å². The topological polar surface area (TPSA) is 42.6 Å². The van der Waals surface area contributed by atoms with Crippen LogP contribution in [0.2, 0.25) is 0 Å². The predicted molar refractivity (Wildman–Crippen MR) is 98.9 cm³/mol. The molecule has 0 aliphatic rings. The summed E-state index contributed by atoms with van der Waals surface area (Å²) in [7, 11) is 1.64. The molecule has 0 aliphatic heterocycles. The fraction of sp³-hybridized carbons (Fsp3) is 0.200. The lowest BCUT2D eigenvalue weighted by Crippen LogP contribution is -2.04. The first-order valence-corrected chi connectivity index (χ1v) is 7.91. The second-order valence-corrected chi connectivity index (χ2v) is 4.85. The first-order chi connectivity index (χ1) is 12.4. The summed E-state index contributed by atoms with van der Waals surface area (Å²) in [5, 5.41) is 0.694. The Balaban J connectivity index is 0.000000615. The van der Waals surface area contributed by atoms with Crippen LogP contribution < -0.4 is 0 Å². The van der Waals surface area contributed by atoms with Gasteiger partial charge in [-0.15, -0.1) is 0 Å². The van der Waals surface area contributed by atoms with Gasteiger partial charge in [0.05, 0.1) is 5.56 Å². The van der Waals surface area contributed by atoms with Crippen LogP contribution in [-0.2, 0) is 6.18 Å². The van der Waals surface area contributed by atoms with Crippen LogP contribution in [0.1, 0.15) is 30.0 Å². The second kappa shape index (κ2) is 9.56. The molecule has 0 bridgehead atoms. The SMILES string of the molecule is C=NC.CC.O=Cc1oc2ccccc2c1-c1ccc(C(F)(F)F)cc1. The average Bonchev–Trinajstić information content (AvgIpc) is 3.02. The Bertz CT molecular complexity index is 850. The third-order valence-electron chi connectivity index (χ3n) is 3.23. The molecule has 26 heavy (non-hydrogen) atoms. The molecule has 138 valence electrons. The monoisotopic (exact) mass is 363 g/mol. The number of carbonyl (C=O) groups is 1. The molecule has 0 unspecified atom stereocenters. The van der Waals surface area contributed by atoms with Gasteiger partial charge >= 0.3 is 6.18 Å². The van der Waals surface area contributed by atoms with Crippen molar-refractivity contribution in [2.24, 2.45) is 4.99 Å². The molecule has 2 aromatic carbocycles. The summed E-state index contributed by atoms with van der Waals surface area (Å²) in [5.74, 6) is 0.107. The molecular formula is C20H20F3NO2. The molecule has 0 fully saturated rings. The zero-order valence-electron chi connectivity index (χ0n) is 14.8. The Morgan fingerprint density at radius 2 is 1.58 bits per heavy atom. The number of aldehydes is 1. The lowest BCUT2D eigenvalue weighted by atomic mass is 10.0. The number of para-hydroxylation sites is 1. The Morgan fingerprint density at radius 1 is 1.04 bits per heavy atom. The van der Waals surface area contributed by atoms with Crippen LogP contribution in [0, 0.1) is 0 Å². The summed E-state index contributed by atoms with van der Waals surface area (Å²) in [6, 6.07) is 11.7. The molecule has 1 heterocycles. The Kier molecular flexibility index (Phi) is 7.77. The van der Waals surface area contributed by atoms with Crippen molar-refractivity contribution in [3.8, 4) is 11.1 Å². The van der Waals surface area contributed by atoms with Crippen LogP contribution in [0.4, 0.5) is 13.2 Å². The molecule has 6 heteroatoms. The van der Waals surface area contributed by atoms with E-state index in [1.807, 2.05) is 13.8 Å². The van der Waals surface area contributed by atoms with E-state index in [1.54, 1.807) is 31.3 Å². The lowest BCUT2D eigenvalue weighted by Gasteiger charge is -2.07. The van der Waals surface area contributed by atoms with Gasteiger partial charge in [0.15, 0.2) is 12.0 Å². The average molecular weight is 363 g/mol. The van der Waals surface area contributed by atoms with Gasteiger partial charge < -0.3 is 9.41 Å². The van der Waals surface area contributed by atoms with Crippen LogP contribution >= 0.6 is 0 Å². The second-order valence-electron chi connectivity index (χ2n) is 4.85. The highest BCUT2D eigenvalue weighted by atomic mass is 19.4. The van der Waals surface area contributed by atoms with Crippen LogP contribution in [-0.4, -0.2) is 20.1 Å². The summed E-state index contributed by atoms with van der Waals surface area (Å²) in [6.07, 6.45) is -3.82. The van der Waals surface area contributed by atoms with Gasteiger partial charge in [-0.3, -0.25) is 4.79 Å². The van der Waals surface area contributed by atoms with E-state index in [0.717, 1.165) is 12.1 Å². The minimum absolute atomic E-state index is 0.107. The van der Waals surface area contributed by atoms with Crippen molar-refractivity contribution in [2.75, 3.05) is 7.05 Å². The van der Waals surface area contributed by atoms with Gasteiger partial charge in [-0.05, 0) is 30.5 Å². The molecule has 0 saturated carbocycles. The predicted octanol–water partition coefficient (Wildman–Crippen LogP) is 6.27. The van der Waals surface area contributed by atoms with Crippen molar-refractivity contribution in [2.45, 2.75) is 20.0 Å². The van der Waals surface area contributed by atoms with Crippen molar-refractivity contribution in [1.29, 1.82) is 0 Å². The number of aliphatic imine (C=N–C) groups is 1. The molecule has 1 aromatic heterocycles. The Hall–Kier alpha value is -2.89. The number of halogens is 3. The summed E-state index contributed by atoms with van der Waals surface area (Å²) in [6.45, 7) is 7.11. The van der Waals surface area contributed by atoms with Crippen LogP contribution in [0.5, 0.6) is 0 Å². The number of rotatable bonds is 2. The normalized spacial score (nSPS) is 10.2. The van der Waals surface area contributed by atoms with Gasteiger partial charge in [-0.2, -0.15) is 13.2 Å². The highest BCUT2D eigenvalue weighted by molar-refractivity contribution is 6.02. The number of carbonyl (C=O) groups excluding carboxylic acids is 1. The van der Waals surface area contributed by atoms with Gasteiger partial charge in [-0.25, -0.2) is 0 Å². The molecule has 3 aromatic rings. The first-order valence-electron chi connectivity index (χ1n) is 7.91. The minimum Gasteiger partial charge on any atom is -0.453 e. The molecule has 0 saturated heterocycles. The number of fused-ring (bicyclic) bond motifs is 1. The smallest absolute Gasteiger partial charge is 0.416 e. The maximum absolute atomic E-state index is 12.6. The van der Waals surface area contributed by atoms with Crippen LogP contribution in [0.15, 0.2) is 57.9 Å². The van der Waals surface area contributed by atoms with Gasteiger partial charge in [0.1, 0.15) is 5.58 Å². The van der Waals surface area contributed by atoms with E-state index < -0.39 is 11.7 Å². The number of furan rings is 1. The molecular weight excluding hydrogens is 343 g/mol. The van der Waals surface area contributed by atoms with Crippen molar-refractivity contribution in [3.63, 3.8) is 0 Å². The van der Waals surface area contributed by atoms with Gasteiger partial charge in [0, 0.05) is 18.0 Å². The highest BCUT2D eigenvalue weighted by Crippen LogP contribution is 2.36. The first kappa shape index (κ1) is 21.2. The van der Waals surface area contributed by atoms with Crippen LogP contribution in [0.25, 0.3) is 22.1 Å². The van der Waals surface area contributed by atoms with Crippen molar-refractivity contribution < 1.29 is 22.4 Å². The maximum atomic E-state index is 12.6. The molecule has 3 rings (SSSR count). The summed E-state index contributed by atoms with van der Waals surface area (Å²) in [5.41, 5.74) is 0.811. The lowest BCUT2D eigenvalue weighted by molar-refractivity contribution is -0.137. The largest absolute Gasteiger partial charge is 0.453 e. The van der Waals surface area contributed by atoms with Gasteiger partial charge in [0.2, 0.25) is 0 Å². The fourth-order valence-electron chi connectivity index (χ4n) is 2.27. The Labute approximate surface area is 150 Å². The van der Waals surface area contributed by atoms with Crippen molar-refractivity contribution >= 4 is 24.0 Å². The number of alkyl halides is 3. The summed E-state index contributed by atoms with van der Waals surface area (Å²) >= 11 is 0. The number of hydrogen-bond donors (Lipinski definition) is 0. The number of benzene rings is 2. The van der Waals surface area contributed by atoms with Crippen LogP contribution in [0.3, 0.4) is 0 Å². The zero-order valence-corrected chi connectivity index (χ0v) is 14.8. The molecule has 0 amide bonds. The standard InChI is InChI=1S/C16H9F3O2.C2H5N.C2H6/c17-16(18,19)11-7-5-10(6-8-11)15-12-3-1-2-4-13(12)21-14(15)9-20;1-3-2;1-2/h1-9H;1H2,2H3;1-2H3. The molecule has 0 atom stereocenters. The summed E-state index contributed by atoms with van der Waals surface area (Å²) < 4.78 is 43.2. The van der Waals surface area contributed by atoms with Crippen molar-refractivity contribution in [3.05, 3.63) is 59.9 Å². The highest BCUT2D eigenvalue weighted by Gasteiger charge is 2.30. The number of nitrogens with zero attached hydrogens (tertiary/aromatic N) is 1. The zero-order chi connectivity index (χ0) is 19.7. The van der Waals surface area contributed by atoms with E-state index in [4.69, 9.17) is 4.42 Å². The fourth-order valence-corrected chi connectivity index (χ4v) is 2.27. The Morgan fingerprint density at radius 3 is 2.08 bits per heavy atom. The minimum atomic E-state index is -4.38. The molecule has 0 aliphatic carbocycles. The van der Waals surface area contributed by atoms with E-state index in [1.165, 1.54) is 12.1 Å².